The molecule has 2 aromatic rings. The summed E-state index contributed by atoms with van der Waals surface area (Å²) >= 11 is 5.76. The molecule has 1 aliphatic rings. The number of ether oxygens (including phenoxy) is 1. The summed E-state index contributed by atoms with van der Waals surface area (Å²) in [6.07, 6.45) is 0.178. The highest BCUT2D eigenvalue weighted by atomic mass is 35.5. The van der Waals surface area contributed by atoms with Crippen LogP contribution in [0.25, 0.3) is 0 Å². The van der Waals surface area contributed by atoms with Crippen molar-refractivity contribution in [3.8, 4) is 5.75 Å². The maximum Gasteiger partial charge on any atom is 0.131 e. The predicted octanol–water partition coefficient (Wildman–Crippen LogP) is 4.00. The molecule has 1 heterocycles. The van der Waals surface area contributed by atoms with Crippen molar-refractivity contribution in [1.82, 2.24) is 0 Å². The van der Waals surface area contributed by atoms with Crippen LogP contribution in [0.2, 0.25) is 5.02 Å². The smallest absolute Gasteiger partial charge is 0.131 e. The van der Waals surface area contributed by atoms with Crippen LogP contribution in [0, 0.1) is 5.82 Å². The fraction of sp³-hybridized carbons (Fsp3) is 0.200. The molecule has 0 fully saturated rings. The lowest BCUT2D eigenvalue weighted by atomic mass is 9.93. The van der Waals surface area contributed by atoms with Gasteiger partial charge in [0, 0.05) is 28.6 Å². The molecule has 0 amide bonds. The zero-order valence-corrected chi connectivity index (χ0v) is 10.9. The number of nitrogens with two attached hydrogens (primary N) is 1. The summed E-state index contributed by atoms with van der Waals surface area (Å²) < 4.78 is 19.8. The topological polar surface area (TPSA) is 35.2 Å². The van der Waals surface area contributed by atoms with Gasteiger partial charge in [-0.3, -0.25) is 0 Å². The third-order valence-corrected chi connectivity index (χ3v) is 3.60. The SMILES string of the molecule is NC1CC(c2ccc(Cl)cc2F)Oc2ccccc21. The van der Waals surface area contributed by atoms with Crippen molar-refractivity contribution in [1.29, 1.82) is 0 Å². The first-order valence-corrected chi connectivity index (χ1v) is 6.49. The lowest BCUT2D eigenvalue weighted by Gasteiger charge is -2.30. The number of rotatable bonds is 1. The van der Waals surface area contributed by atoms with Crippen molar-refractivity contribution in [3.63, 3.8) is 0 Å². The van der Waals surface area contributed by atoms with Crippen LogP contribution in [0.5, 0.6) is 5.75 Å². The van der Waals surface area contributed by atoms with Crippen molar-refractivity contribution in [2.45, 2.75) is 18.6 Å². The molecule has 0 spiro atoms. The van der Waals surface area contributed by atoms with Gasteiger partial charge in [0.05, 0.1) is 0 Å². The normalized spacial score (nSPS) is 21.6. The summed E-state index contributed by atoms with van der Waals surface area (Å²) in [7, 11) is 0. The standard InChI is InChI=1S/C15H13ClFNO/c16-9-5-6-10(12(17)7-9)15-8-13(18)11-3-1-2-4-14(11)19-15/h1-7,13,15H,8,18H2. The number of hydrogen-bond donors (Lipinski definition) is 1. The van der Waals surface area contributed by atoms with Crippen LogP contribution in [0.15, 0.2) is 42.5 Å². The molecule has 2 aromatic carbocycles. The molecule has 4 heteroatoms. The second kappa shape index (κ2) is 4.83. The molecular formula is C15H13ClFNO. The molecule has 0 aliphatic carbocycles. The maximum atomic E-state index is 13.9. The van der Waals surface area contributed by atoms with Gasteiger partial charge in [-0.2, -0.15) is 0 Å². The van der Waals surface area contributed by atoms with E-state index in [0.717, 1.165) is 11.3 Å². The zero-order valence-electron chi connectivity index (χ0n) is 10.1. The molecule has 1 aliphatic heterocycles. The van der Waals surface area contributed by atoms with Crippen molar-refractivity contribution in [2.75, 3.05) is 0 Å². The first kappa shape index (κ1) is 12.5. The molecule has 2 atom stereocenters. The van der Waals surface area contributed by atoms with Gasteiger partial charge in [-0.25, -0.2) is 4.39 Å². The molecule has 0 saturated carbocycles. The number of halogens is 2. The molecule has 2 N–H and O–H groups in total. The van der Waals surface area contributed by atoms with Crippen LogP contribution in [0.3, 0.4) is 0 Å². The fourth-order valence-corrected chi connectivity index (χ4v) is 2.57. The Hall–Kier alpha value is -1.58. The fourth-order valence-electron chi connectivity index (χ4n) is 2.41. The minimum absolute atomic E-state index is 0.148. The average Bonchev–Trinajstić information content (AvgIpc) is 2.38. The van der Waals surface area contributed by atoms with Gasteiger partial charge >= 0.3 is 0 Å². The molecule has 0 saturated heterocycles. The summed E-state index contributed by atoms with van der Waals surface area (Å²) in [4.78, 5) is 0. The minimum Gasteiger partial charge on any atom is -0.485 e. The Morgan fingerprint density at radius 2 is 1.95 bits per heavy atom. The van der Waals surface area contributed by atoms with Gasteiger partial charge in [0.1, 0.15) is 17.7 Å². The third kappa shape index (κ3) is 2.31. The van der Waals surface area contributed by atoms with Gasteiger partial charge in [-0.1, -0.05) is 35.9 Å². The lowest BCUT2D eigenvalue weighted by Crippen LogP contribution is -2.24. The predicted molar refractivity (Wildman–Crippen MR) is 72.8 cm³/mol. The highest BCUT2D eigenvalue weighted by Crippen LogP contribution is 2.40. The van der Waals surface area contributed by atoms with Crippen LogP contribution in [-0.4, -0.2) is 0 Å². The van der Waals surface area contributed by atoms with Crippen LogP contribution in [0.1, 0.15) is 29.7 Å². The molecule has 2 unspecified atom stereocenters. The van der Waals surface area contributed by atoms with Crippen LogP contribution in [-0.2, 0) is 0 Å². The average molecular weight is 278 g/mol. The Bertz CT molecular complexity index is 617. The highest BCUT2D eigenvalue weighted by molar-refractivity contribution is 6.30. The number of para-hydroxylation sites is 1. The number of fused-ring (bicyclic) bond motifs is 1. The molecule has 0 bridgehead atoms. The largest absolute Gasteiger partial charge is 0.485 e. The monoisotopic (exact) mass is 277 g/mol. The molecule has 19 heavy (non-hydrogen) atoms. The van der Waals surface area contributed by atoms with Gasteiger partial charge in [0.25, 0.3) is 0 Å². The van der Waals surface area contributed by atoms with Gasteiger partial charge in [-0.15, -0.1) is 0 Å². The Labute approximate surface area is 115 Å². The third-order valence-electron chi connectivity index (χ3n) is 3.37. The molecule has 0 radical (unpaired) electrons. The van der Waals surface area contributed by atoms with Gasteiger partial charge in [-0.05, 0) is 18.2 Å². The molecule has 98 valence electrons. The van der Waals surface area contributed by atoms with Crippen LogP contribution >= 0.6 is 11.6 Å². The van der Waals surface area contributed by atoms with Crippen LogP contribution in [0.4, 0.5) is 4.39 Å². The minimum atomic E-state index is -0.373. The molecular weight excluding hydrogens is 265 g/mol. The van der Waals surface area contributed by atoms with E-state index in [2.05, 4.69) is 0 Å². The van der Waals surface area contributed by atoms with Crippen molar-refractivity contribution in [2.24, 2.45) is 5.73 Å². The van der Waals surface area contributed by atoms with Crippen molar-refractivity contribution >= 4 is 11.6 Å². The van der Waals surface area contributed by atoms with Crippen LogP contribution < -0.4 is 10.5 Å². The second-order valence-electron chi connectivity index (χ2n) is 4.65. The summed E-state index contributed by atoms with van der Waals surface area (Å²) in [6.45, 7) is 0. The van der Waals surface area contributed by atoms with Gasteiger partial charge < -0.3 is 10.5 Å². The summed E-state index contributed by atoms with van der Waals surface area (Å²) in [5.74, 6) is 0.365. The highest BCUT2D eigenvalue weighted by Gasteiger charge is 2.28. The Balaban J connectivity index is 1.97. The zero-order chi connectivity index (χ0) is 13.4. The Morgan fingerprint density at radius 3 is 2.74 bits per heavy atom. The first-order valence-electron chi connectivity index (χ1n) is 6.11. The van der Waals surface area contributed by atoms with Gasteiger partial charge in [0.2, 0.25) is 0 Å². The van der Waals surface area contributed by atoms with Gasteiger partial charge in [0.15, 0.2) is 0 Å². The van der Waals surface area contributed by atoms with E-state index in [0.29, 0.717) is 17.0 Å². The van der Waals surface area contributed by atoms with E-state index in [4.69, 9.17) is 22.1 Å². The van der Waals surface area contributed by atoms with E-state index >= 15 is 0 Å². The second-order valence-corrected chi connectivity index (χ2v) is 5.09. The Morgan fingerprint density at radius 1 is 1.16 bits per heavy atom. The number of benzene rings is 2. The summed E-state index contributed by atoms with van der Waals surface area (Å²) in [5, 5.41) is 0.377. The molecule has 0 aromatic heterocycles. The van der Waals surface area contributed by atoms with E-state index in [1.807, 2.05) is 24.3 Å². The van der Waals surface area contributed by atoms with E-state index < -0.39 is 0 Å². The maximum absolute atomic E-state index is 13.9. The summed E-state index contributed by atoms with van der Waals surface area (Å²) in [6, 6.07) is 12.1. The number of hydrogen-bond acceptors (Lipinski definition) is 2. The summed E-state index contributed by atoms with van der Waals surface area (Å²) in [5.41, 5.74) is 7.59. The van der Waals surface area contributed by atoms with E-state index in [1.54, 1.807) is 12.1 Å². The van der Waals surface area contributed by atoms with E-state index in [-0.39, 0.29) is 18.0 Å². The lowest BCUT2D eigenvalue weighted by molar-refractivity contribution is 0.157. The Kier molecular flexibility index (Phi) is 3.17. The van der Waals surface area contributed by atoms with E-state index in [9.17, 15) is 4.39 Å². The molecule has 2 nitrogen and oxygen atoms in total. The van der Waals surface area contributed by atoms with Crippen molar-refractivity contribution < 1.29 is 9.13 Å². The van der Waals surface area contributed by atoms with E-state index in [1.165, 1.54) is 6.07 Å². The molecule has 3 rings (SSSR count). The van der Waals surface area contributed by atoms with Crippen molar-refractivity contribution in [3.05, 3.63) is 64.4 Å². The quantitative estimate of drug-likeness (QED) is 0.855. The first-order chi connectivity index (χ1) is 9.15.